The van der Waals surface area contributed by atoms with E-state index in [2.05, 4.69) is 10.1 Å². The van der Waals surface area contributed by atoms with Gasteiger partial charge in [-0.15, -0.1) is 0 Å². The summed E-state index contributed by atoms with van der Waals surface area (Å²) < 4.78 is 11.7. The van der Waals surface area contributed by atoms with Crippen LogP contribution in [-0.2, 0) is 9.53 Å². The lowest BCUT2D eigenvalue weighted by atomic mass is 10.2. The van der Waals surface area contributed by atoms with Gasteiger partial charge >= 0.3 is 5.97 Å². The maximum Gasteiger partial charge on any atom is 0.344 e. The number of rotatable bonds is 8. The first-order chi connectivity index (χ1) is 17.3. The summed E-state index contributed by atoms with van der Waals surface area (Å²) in [7, 11) is 0. The standard InChI is InChI=1S/C26H22N4O6/c1-17(2)36-24(31)16-35-23-13-12-20(30(33)34)14-19(23)15-27-29-25(18-8-4-3-5-9-18)28-22-11-7-6-10-21(22)26(29)32/h3-15,17H,16H2,1-2H3. The van der Waals surface area contributed by atoms with Gasteiger partial charge in [0.2, 0.25) is 0 Å². The number of hydrogen-bond acceptors (Lipinski definition) is 8. The topological polar surface area (TPSA) is 126 Å². The number of nitro groups is 1. The SMILES string of the molecule is CC(C)OC(=O)COc1ccc([N+](=O)[O-])cc1C=Nn1c(-c2ccccc2)nc2ccccc2c1=O. The Morgan fingerprint density at radius 3 is 2.56 bits per heavy atom. The van der Waals surface area contributed by atoms with Crippen molar-refractivity contribution < 1.29 is 19.2 Å². The third kappa shape index (κ3) is 5.44. The number of non-ortho nitro benzene ring substituents is 1. The minimum absolute atomic E-state index is 0.160. The zero-order valence-electron chi connectivity index (χ0n) is 19.5. The number of ether oxygens (including phenoxy) is 2. The molecular formula is C26H22N4O6. The third-order valence-corrected chi connectivity index (χ3v) is 5.01. The largest absolute Gasteiger partial charge is 0.481 e. The number of nitro benzene ring substituents is 1. The highest BCUT2D eigenvalue weighted by molar-refractivity contribution is 5.86. The summed E-state index contributed by atoms with van der Waals surface area (Å²) in [5, 5.41) is 16.0. The fourth-order valence-electron chi connectivity index (χ4n) is 3.44. The average molecular weight is 486 g/mol. The minimum Gasteiger partial charge on any atom is -0.481 e. The number of carbonyl (C=O) groups excluding carboxylic acids is 1. The van der Waals surface area contributed by atoms with Crippen molar-refractivity contribution in [3.63, 3.8) is 0 Å². The molecule has 0 atom stereocenters. The van der Waals surface area contributed by atoms with E-state index in [1.165, 1.54) is 24.4 Å². The van der Waals surface area contributed by atoms with E-state index in [0.29, 0.717) is 22.3 Å². The molecule has 10 nitrogen and oxygen atoms in total. The van der Waals surface area contributed by atoms with E-state index in [4.69, 9.17) is 9.47 Å². The van der Waals surface area contributed by atoms with Crippen molar-refractivity contribution in [1.82, 2.24) is 9.66 Å². The second kappa shape index (κ2) is 10.6. The molecule has 0 amide bonds. The summed E-state index contributed by atoms with van der Waals surface area (Å²) in [6.45, 7) is 3.02. The zero-order valence-corrected chi connectivity index (χ0v) is 19.5. The predicted molar refractivity (Wildman–Crippen MR) is 134 cm³/mol. The first-order valence-electron chi connectivity index (χ1n) is 11.1. The van der Waals surface area contributed by atoms with Gasteiger partial charge in [-0.25, -0.2) is 9.78 Å². The van der Waals surface area contributed by atoms with Gasteiger partial charge in [0, 0.05) is 23.3 Å². The molecule has 0 N–H and O–H groups in total. The number of benzene rings is 3. The van der Waals surface area contributed by atoms with Gasteiger partial charge in [-0.3, -0.25) is 14.9 Å². The number of nitrogens with zero attached hydrogens (tertiary/aromatic N) is 4. The molecule has 1 heterocycles. The van der Waals surface area contributed by atoms with Crippen LogP contribution < -0.4 is 10.3 Å². The maximum atomic E-state index is 13.3. The highest BCUT2D eigenvalue weighted by atomic mass is 16.6. The molecule has 0 saturated carbocycles. The number of fused-ring (bicyclic) bond motifs is 1. The van der Waals surface area contributed by atoms with Crippen molar-refractivity contribution >= 4 is 28.8 Å². The fraction of sp³-hybridized carbons (Fsp3) is 0.154. The van der Waals surface area contributed by atoms with Crippen LogP contribution in [0.5, 0.6) is 5.75 Å². The number of para-hydroxylation sites is 1. The number of esters is 1. The summed E-state index contributed by atoms with van der Waals surface area (Å²) in [5.74, 6) is -0.135. The van der Waals surface area contributed by atoms with Crippen molar-refractivity contribution in [3.8, 4) is 17.1 Å². The van der Waals surface area contributed by atoms with Gasteiger partial charge in [-0.2, -0.15) is 9.78 Å². The number of aromatic nitrogens is 2. The molecule has 0 aliphatic heterocycles. The zero-order chi connectivity index (χ0) is 25.7. The normalized spacial score (nSPS) is 11.2. The van der Waals surface area contributed by atoms with E-state index in [1.54, 1.807) is 50.2 Å². The Labute approximate surface area is 205 Å². The lowest BCUT2D eigenvalue weighted by Crippen LogP contribution is -2.20. The van der Waals surface area contributed by atoms with E-state index in [0.717, 1.165) is 4.68 Å². The molecule has 0 aliphatic carbocycles. The Hall–Kier alpha value is -4.86. The first kappa shape index (κ1) is 24.3. The summed E-state index contributed by atoms with van der Waals surface area (Å²) in [6, 6.07) is 19.8. The van der Waals surface area contributed by atoms with E-state index >= 15 is 0 Å². The molecule has 10 heteroatoms. The Balaban J connectivity index is 1.80. The summed E-state index contributed by atoms with van der Waals surface area (Å²) in [6.07, 6.45) is 0.947. The number of hydrogen-bond donors (Lipinski definition) is 0. The van der Waals surface area contributed by atoms with Gasteiger partial charge in [0.1, 0.15) is 5.75 Å². The molecule has 1 aromatic heterocycles. The van der Waals surface area contributed by atoms with E-state index < -0.39 is 23.1 Å². The second-order valence-corrected chi connectivity index (χ2v) is 7.99. The van der Waals surface area contributed by atoms with Crippen LogP contribution in [0.3, 0.4) is 0 Å². The van der Waals surface area contributed by atoms with E-state index in [-0.39, 0.29) is 23.1 Å². The maximum absolute atomic E-state index is 13.3. The van der Waals surface area contributed by atoms with Gasteiger partial charge in [-0.1, -0.05) is 42.5 Å². The van der Waals surface area contributed by atoms with E-state index in [1.807, 2.05) is 18.2 Å². The van der Waals surface area contributed by atoms with Crippen LogP contribution in [-0.4, -0.2) is 39.5 Å². The summed E-state index contributed by atoms with van der Waals surface area (Å²) >= 11 is 0. The van der Waals surface area contributed by atoms with Gasteiger partial charge in [0.15, 0.2) is 12.4 Å². The third-order valence-electron chi connectivity index (χ3n) is 5.01. The molecule has 0 saturated heterocycles. The fourth-order valence-corrected chi connectivity index (χ4v) is 3.44. The van der Waals surface area contributed by atoms with Crippen LogP contribution in [0.25, 0.3) is 22.3 Å². The van der Waals surface area contributed by atoms with Crippen molar-refractivity contribution in [2.75, 3.05) is 6.61 Å². The molecule has 3 aromatic carbocycles. The summed E-state index contributed by atoms with van der Waals surface area (Å²) in [4.78, 5) is 40.7. The molecule has 0 fully saturated rings. The van der Waals surface area contributed by atoms with Crippen molar-refractivity contribution in [2.45, 2.75) is 20.0 Å². The van der Waals surface area contributed by atoms with Gasteiger partial charge in [-0.05, 0) is 32.0 Å². The molecule has 0 aliphatic rings. The monoisotopic (exact) mass is 486 g/mol. The first-order valence-corrected chi connectivity index (χ1v) is 11.1. The van der Waals surface area contributed by atoms with Crippen molar-refractivity contribution in [1.29, 1.82) is 0 Å². The Morgan fingerprint density at radius 2 is 1.83 bits per heavy atom. The van der Waals surface area contributed by atoms with Crippen LogP contribution in [0.15, 0.2) is 82.7 Å². The minimum atomic E-state index is -0.590. The molecule has 0 spiro atoms. The van der Waals surface area contributed by atoms with E-state index in [9.17, 15) is 19.7 Å². The molecular weight excluding hydrogens is 464 g/mol. The Morgan fingerprint density at radius 1 is 1.11 bits per heavy atom. The molecule has 36 heavy (non-hydrogen) atoms. The van der Waals surface area contributed by atoms with Crippen LogP contribution in [0.1, 0.15) is 19.4 Å². The molecule has 0 bridgehead atoms. The van der Waals surface area contributed by atoms with Crippen molar-refractivity contribution in [2.24, 2.45) is 5.10 Å². The highest BCUT2D eigenvalue weighted by Crippen LogP contribution is 2.24. The van der Waals surface area contributed by atoms with Gasteiger partial charge < -0.3 is 9.47 Å². The van der Waals surface area contributed by atoms with Gasteiger partial charge in [0.05, 0.1) is 28.1 Å². The second-order valence-electron chi connectivity index (χ2n) is 7.99. The van der Waals surface area contributed by atoms with Crippen molar-refractivity contribution in [3.05, 3.63) is 98.8 Å². The van der Waals surface area contributed by atoms with Crippen LogP contribution in [0, 0.1) is 10.1 Å². The Bertz CT molecular complexity index is 1510. The average Bonchev–Trinajstić information content (AvgIpc) is 2.87. The molecule has 4 aromatic rings. The van der Waals surface area contributed by atoms with Gasteiger partial charge in [0.25, 0.3) is 11.2 Å². The van der Waals surface area contributed by atoms with Crippen LogP contribution in [0.4, 0.5) is 5.69 Å². The smallest absolute Gasteiger partial charge is 0.344 e. The van der Waals surface area contributed by atoms with Crippen LogP contribution >= 0.6 is 0 Å². The predicted octanol–water partition coefficient (Wildman–Crippen LogP) is 4.18. The quantitative estimate of drug-likeness (QED) is 0.158. The molecule has 0 radical (unpaired) electrons. The highest BCUT2D eigenvalue weighted by Gasteiger charge is 2.15. The molecule has 182 valence electrons. The van der Waals surface area contributed by atoms with Crippen LogP contribution in [0.2, 0.25) is 0 Å². The summed E-state index contributed by atoms with van der Waals surface area (Å²) in [5.41, 5.74) is 0.742. The lowest BCUT2D eigenvalue weighted by Gasteiger charge is -2.12. The Kier molecular flexibility index (Phi) is 7.15. The molecule has 4 rings (SSSR count). The lowest BCUT2D eigenvalue weighted by molar-refractivity contribution is -0.384. The number of carbonyl (C=O) groups is 1. The molecule has 0 unspecified atom stereocenters.